The molecule has 1 amide bonds. The van der Waals surface area contributed by atoms with Gasteiger partial charge in [-0.15, -0.1) is 0 Å². The first-order valence-corrected chi connectivity index (χ1v) is 9.69. The Morgan fingerprint density at radius 1 is 1.24 bits per heavy atom. The van der Waals surface area contributed by atoms with Gasteiger partial charge in [0.15, 0.2) is 5.65 Å². The molecule has 1 N–H and O–H groups in total. The van der Waals surface area contributed by atoms with Gasteiger partial charge in [0.1, 0.15) is 18.0 Å². The number of hydrogen-bond acceptors (Lipinski definition) is 6. The van der Waals surface area contributed by atoms with Crippen molar-refractivity contribution in [1.82, 2.24) is 24.6 Å². The Labute approximate surface area is 172 Å². The molecule has 0 saturated carbocycles. The molecule has 1 saturated heterocycles. The second-order valence-corrected chi connectivity index (χ2v) is 7.43. The Morgan fingerprint density at radius 2 is 2.00 bits per heavy atom. The summed E-state index contributed by atoms with van der Waals surface area (Å²) in [6.07, 6.45) is 3.33. The number of carbonyl (C=O) groups is 1. The zero-order valence-electron chi connectivity index (χ0n) is 16.1. The second kappa shape index (κ2) is 7.92. The van der Waals surface area contributed by atoms with Crippen LogP contribution in [0.5, 0.6) is 0 Å². The smallest absolute Gasteiger partial charge is 0.241 e. The highest BCUT2D eigenvalue weighted by molar-refractivity contribution is 6.31. The Morgan fingerprint density at radius 3 is 2.72 bits per heavy atom. The molecule has 0 radical (unpaired) electrons. The van der Waals surface area contributed by atoms with Crippen LogP contribution in [0, 0.1) is 5.82 Å². The molecule has 1 aliphatic heterocycles. The van der Waals surface area contributed by atoms with Crippen molar-refractivity contribution in [1.29, 1.82) is 0 Å². The summed E-state index contributed by atoms with van der Waals surface area (Å²) in [6.45, 7) is 4.76. The van der Waals surface area contributed by atoms with Crippen LogP contribution >= 0.6 is 11.6 Å². The van der Waals surface area contributed by atoms with E-state index in [0.29, 0.717) is 18.8 Å². The van der Waals surface area contributed by atoms with E-state index in [2.05, 4.69) is 30.2 Å². The highest BCUT2D eigenvalue weighted by Gasteiger charge is 2.27. The lowest BCUT2D eigenvalue weighted by Gasteiger charge is -2.38. The molecule has 1 aromatic carbocycles. The number of halogens is 2. The van der Waals surface area contributed by atoms with Gasteiger partial charge in [0.2, 0.25) is 5.91 Å². The van der Waals surface area contributed by atoms with E-state index in [-0.39, 0.29) is 17.0 Å². The first-order chi connectivity index (χ1) is 13.9. The fourth-order valence-electron chi connectivity index (χ4n) is 3.51. The third kappa shape index (κ3) is 3.88. The summed E-state index contributed by atoms with van der Waals surface area (Å²) in [5.41, 5.74) is 1.27. The van der Waals surface area contributed by atoms with E-state index in [1.165, 1.54) is 18.2 Å². The molecule has 3 aromatic rings. The largest absolute Gasteiger partial charge is 0.353 e. The molecule has 10 heteroatoms. The minimum atomic E-state index is -0.513. The molecule has 152 valence electrons. The van der Waals surface area contributed by atoms with Gasteiger partial charge in [0, 0.05) is 38.9 Å². The van der Waals surface area contributed by atoms with E-state index in [1.807, 2.05) is 14.0 Å². The van der Waals surface area contributed by atoms with Crippen molar-refractivity contribution in [3.05, 3.63) is 41.6 Å². The van der Waals surface area contributed by atoms with Gasteiger partial charge in [-0.25, -0.2) is 14.4 Å². The van der Waals surface area contributed by atoms with E-state index >= 15 is 0 Å². The van der Waals surface area contributed by atoms with Crippen LogP contribution in [0.4, 0.5) is 15.9 Å². The van der Waals surface area contributed by atoms with Gasteiger partial charge in [0.25, 0.3) is 0 Å². The summed E-state index contributed by atoms with van der Waals surface area (Å²) < 4.78 is 15.0. The first kappa shape index (κ1) is 19.5. The summed E-state index contributed by atoms with van der Waals surface area (Å²) in [7, 11) is 1.85. The number of nitrogens with zero attached hydrogens (tertiary/aromatic N) is 6. The number of rotatable bonds is 4. The van der Waals surface area contributed by atoms with E-state index in [9.17, 15) is 9.18 Å². The van der Waals surface area contributed by atoms with Crippen LogP contribution in [0.3, 0.4) is 0 Å². The maximum Gasteiger partial charge on any atom is 0.241 e. The Hall–Kier alpha value is -2.78. The number of carbonyl (C=O) groups excluding carboxylic acids is 1. The molecule has 0 aliphatic carbocycles. The second-order valence-electron chi connectivity index (χ2n) is 7.02. The number of aryl methyl sites for hydroxylation is 1. The number of fused-ring (bicyclic) bond motifs is 1. The monoisotopic (exact) mass is 417 g/mol. The maximum atomic E-state index is 13.3. The maximum absolute atomic E-state index is 13.3. The molecular formula is C19H21ClFN7O. The number of piperazine rings is 1. The molecular weight excluding hydrogens is 397 g/mol. The fourth-order valence-corrected chi connectivity index (χ4v) is 3.69. The highest BCUT2D eigenvalue weighted by atomic mass is 35.5. The molecule has 4 rings (SSSR count). The van der Waals surface area contributed by atoms with Crippen LogP contribution in [-0.4, -0.2) is 62.8 Å². The SMILES string of the molecule is CC(C(=O)Nc1ccc(F)c(Cl)c1)N1CCN(c2ncnc3c2cnn3C)CC1. The molecule has 0 bridgehead atoms. The van der Waals surface area contributed by atoms with Gasteiger partial charge in [-0.1, -0.05) is 11.6 Å². The van der Waals surface area contributed by atoms with Gasteiger partial charge >= 0.3 is 0 Å². The first-order valence-electron chi connectivity index (χ1n) is 9.31. The molecule has 1 fully saturated rings. The highest BCUT2D eigenvalue weighted by Crippen LogP contribution is 2.24. The minimum Gasteiger partial charge on any atom is -0.353 e. The predicted molar refractivity (Wildman–Crippen MR) is 110 cm³/mol. The van der Waals surface area contributed by atoms with Gasteiger partial charge in [-0.3, -0.25) is 14.4 Å². The van der Waals surface area contributed by atoms with Crippen LogP contribution < -0.4 is 10.2 Å². The normalized spacial score (nSPS) is 16.2. The Balaban J connectivity index is 1.39. The van der Waals surface area contributed by atoms with E-state index in [4.69, 9.17) is 11.6 Å². The van der Waals surface area contributed by atoms with E-state index < -0.39 is 5.82 Å². The van der Waals surface area contributed by atoms with Gasteiger partial charge in [0.05, 0.1) is 22.6 Å². The summed E-state index contributed by atoms with van der Waals surface area (Å²) in [5, 5.41) is 7.96. The van der Waals surface area contributed by atoms with Gasteiger partial charge in [-0.2, -0.15) is 5.10 Å². The number of anilines is 2. The van der Waals surface area contributed by atoms with Crippen LogP contribution in [0.15, 0.2) is 30.7 Å². The predicted octanol–water partition coefficient (Wildman–Crippen LogP) is 2.31. The van der Waals surface area contributed by atoms with Crippen molar-refractivity contribution in [2.75, 3.05) is 36.4 Å². The summed E-state index contributed by atoms with van der Waals surface area (Å²) in [4.78, 5) is 25.6. The molecule has 1 aliphatic rings. The fraction of sp³-hybridized carbons (Fsp3) is 0.368. The molecule has 1 unspecified atom stereocenters. The quantitative estimate of drug-likeness (QED) is 0.701. The summed E-state index contributed by atoms with van der Waals surface area (Å²) in [5.74, 6) is 0.194. The van der Waals surface area contributed by atoms with E-state index in [0.717, 1.165) is 29.9 Å². The lowest BCUT2D eigenvalue weighted by Crippen LogP contribution is -2.53. The molecule has 1 atom stereocenters. The van der Waals surface area contributed by atoms with Crippen molar-refractivity contribution >= 4 is 40.0 Å². The number of hydrogen-bond donors (Lipinski definition) is 1. The van der Waals surface area contributed by atoms with Crippen molar-refractivity contribution < 1.29 is 9.18 Å². The van der Waals surface area contributed by atoms with E-state index in [1.54, 1.807) is 17.2 Å². The third-order valence-electron chi connectivity index (χ3n) is 5.24. The molecule has 8 nitrogen and oxygen atoms in total. The molecule has 3 heterocycles. The minimum absolute atomic E-state index is 0.0179. The summed E-state index contributed by atoms with van der Waals surface area (Å²) in [6, 6.07) is 3.82. The van der Waals surface area contributed by atoms with Crippen molar-refractivity contribution in [2.24, 2.45) is 7.05 Å². The summed E-state index contributed by atoms with van der Waals surface area (Å²) >= 11 is 5.78. The molecule has 2 aromatic heterocycles. The van der Waals surface area contributed by atoms with Crippen molar-refractivity contribution in [3.8, 4) is 0 Å². The van der Waals surface area contributed by atoms with Crippen molar-refractivity contribution in [2.45, 2.75) is 13.0 Å². The van der Waals surface area contributed by atoms with Crippen LogP contribution in [0.2, 0.25) is 5.02 Å². The average Bonchev–Trinajstić information content (AvgIpc) is 3.11. The van der Waals surface area contributed by atoms with Gasteiger partial charge < -0.3 is 10.2 Å². The topological polar surface area (TPSA) is 79.2 Å². The average molecular weight is 418 g/mol. The van der Waals surface area contributed by atoms with Crippen LogP contribution in [0.1, 0.15) is 6.92 Å². The van der Waals surface area contributed by atoms with Gasteiger partial charge in [-0.05, 0) is 25.1 Å². The third-order valence-corrected chi connectivity index (χ3v) is 5.53. The lowest BCUT2D eigenvalue weighted by atomic mass is 10.2. The number of aromatic nitrogens is 4. The zero-order valence-corrected chi connectivity index (χ0v) is 16.9. The Kier molecular flexibility index (Phi) is 5.33. The number of amides is 1. The molecule has 0 spiro atoms. The number of nitrogens with one attached hydrogen (secondary N) is 1. The molecule has 29 heavy (non-hydrogen) atoms. The lowest BCUT2D eigenvalue weighted by molar-refractivity contribution is -0.120. The number of benzene rings is 1. The van der Waals surface area contributed by atoms with Crippen LogP contribution in [-0.2, 0) is 11.8 Å². The Bertz CT molecular complexity index is 1050. The van der Waals surface area contributed by atoms with Crippen LogP contribution in [0.25, 0.3) is 11.0 Å². The van der Waals surface area contributed by atoms with Crippen molar-refractivity contribution in [3.63, 3.8) is 0 Å². The standard InChI is InChI=1S/C19H21ClFN7O/c1-12(19(29)25-13-3-4-16(21)15(20)9-13)27-5-7-28(8-6-27)18-14-10-24-26(2)17(14)22-11-23-18/h3-4,9-12H,5-8H2,1-2H3,(H,25,29). The zero-order chi connectivity index (χ0) is 20.5.